The summed E-state index contributed by atoms with van der Waals surface area (Å²) in [5.74, 6) is 0.709. The monoisotopic (exact) mass is 288 g/mol. The summed E-state index contributed by atoms with van der Waals surface area (Å²) in [6.45, 7) is 4.42. The molecule has 1 saturated heterocycles. The molecule has 4 nitrogen and oxygen atoms in total. The minimum atomic E-state index is 0.709. The number of hydrogen-bond donors (Lipinski definition) is 0. The third-order valence-corrected chi connectivity index (χ3v) is 4.83. The van der Waals surface area contributed by atoms with E-state index in [2.05, 4.69) is 21.9 Å². The van der Waals surface area contributed by atoms with Crippen molar-refractivity contribution in [1.29, 1.82) is 0 Å². The quantitative estimate of drug-likeness (QED) is 0.871. The van der Waals surface area contributed by atoms with Gasteiger partial charge in [0, 0.05) is 12.7 Å². The molecule has 0 bridgehead atoms. The molecule has 1 unspecified atom stereocenters. The van der Waals surface area contributed by atoms with Crippen molar-refractivity contribution in [1.82, 2.24) is 19.9 Å². The van der Waals surface area contributed by atoms with Gasteiger partial charge in [-0.05, 0) is 45.7 Å². The lowest BCUT2D eigenvalue weighted by Gasteiger charge is -2.29. The first-order valence-corrected chi connectivity index (χ1v) is 8.00. The Kier molecular flexibility index (Phi) is 4.08. The summed E-state index contributed by atoms with van der Waals surface area (Å²) < 4.78 is 0. The van der Waals surface area contributed by atoms with Crippen molar-refractivity contribution < 1.29 is 0 Å². The zero-order chi connectivity index (χ0) is 13.9. The standard InChI is InChI=1S/C15H20N4S/c1-11-15(20-10-17-11)14-8-16-7-13(18-14)6-12-4-3-5-19(2)9-12/h7-8,10,12H,3-6,9H2,1-2H3. The molecule has 1 aliphatic heterocycles. The molecule has 1 aliphatic rings. The van der Waals surface area contributed by atoms with E-state index >= 15 is 0 Å². The van der Waals surface area contributed by atoms with Gasteiger partial charge >= 0.3 is 0 Å². The van der Waals surface area contributed by atoms with Crippen LogP contribution in [0.15, 0.2) is 17.9 Å². The SMILES string of the molecule is Cc1ncsc1-c1cncc(CC2CCCN(C)C2)n1. The normalized spacial score (nSPS) is 20.2. The predicted octanol–water partition coefficient (Wildman–Crippen LogP) is 2.79. The van der Waals surface area contributed by atoms with Gasteiger partial charge in [0.1, 0.15) is 5.69 Å². The van der Waals surface area contributed by atoms with Gasteiger partial charge in [-0.2, -0.15) is 0 Å². The molecule has 3 heterocycles. The van der Waals surface area contributed by atoms with Crippen molar-refractivity contribution in [2.75, 3.05) is 20.1 Å². The lowest BCUT2D eigenvalue weighted by atomic mass is 9.94. The molecule has 2 aromatic heterocycles. The summed E-state index contributed by atoms with van der Waals surface area (Å²) >= 11 is 1.64. The zero-order valence-electron chi connectivity index (χ0n) is 12.0. The van der Waals surface area contributed by atoms with E-state index in [1.165, 1.54) is 25.9 Å². The minimum Gasteiger partial charge on any atom is -0.306 e. The topological polar surface area (TPSA) is 41.9 Å². The molecule has 0 aliphatic carbocycles. The number of rotatable bonds is 3. The van der Waals surface area contributed by atoms with Crippen LogP contribution in [-0.4, -0.2) is 40.0 Å². The first-order chi connectivity index (χ1) is 9.72. The molecule has 0 aromatic carbocycles. The highest BCUT2D eigenvalue weighted by atomic mass is 32.1. The van der Waals surface area contributed by atoms with Crippen LogP contribution in [0.4, 0.5) is 0 Å². The molecule has 1 atom stereocenters. The van der Waals surface area contributed by atoms with Gasteiger partial charge in [0.05, 0.1) is 28.0 Å². The Morgan fingerprint density at radius 1 is 1.40 bits per heavy atom. The Hall–Kier alpha value is -1.33. The molecule has 2 aromatic rings. The molecule has 0 saturated carbocycles. The fourth-order valence-corrected chi connectivity index (χ4v) is 3.66. The Labute approximate surface area is 123 Å². The zero-order valence-corrected chi connectivity index (χ0v) is 12.9. The van der Waals surface area contributed by atoms with Gasteiger partial charge < -0.3 is 4.90 Å². The molecule has 20 heavy (non-hydrogen) atoms. The van der Waals surface area contributed by atoms with E-state index in [1.807, 2.05) is 24.8 Å². The highest BCUT2D eigenvalue weighted by Gasteiger charge is 2.18. The molecule has 3 rings (SSSR count). The number of likely N-dealkylation sites (tertiary alicyclic amines) is 1. The highest BCUT2D eigenvalue weighted by Crippen LogP contribution is 2.25. The van der Waals surface area contributed by atoms with E-state index in [-0.39, 0.29) is 0 Å². The summed E-state index contributed by atoms with van der Waals surface area (Å²) in [5.41, 5.74) is 4.98. The third kappa shape index (κ3) is 3.04. The van der Waals surface area contributed by atoms with Crippen LogP contribution in [0.2, 0.25) is 0 Å². The second-order valence-electron chi connectivity index (χ2n) is 5.64. The fraction of sp³-hybridized carbons (Fsp3) is 0.533. The summed E-state index contributed by atoms with van der Waals surface area (Å²) in [5, 5.41) is 0. The van der Waals surface area contributed by atoms with Crippen molar-refractivity contribution in [2.24, 2.45) is 5.92 Å². The molecule has 0 N–H and O–H groups in total. The van der Waals surface area contributed by atoms with Crippen molar-refractivity contribution >= 4 is 11.3 Å². The van der Waals surface area contributed by atoms with E-state index in [0.29, 0.717) is 5.92 Å². The Balaban J connectivity index is 1.76. The third-order valence-electron chi connectivity index (χ3n) is 3.88. The van der Waals surface area contributed by atoms with Crippen LogP contribution in [0.3, 0.4) is 0 Å². The maximum atomic E-state index is 4.78. The molecule has 5 heteroatoms. The predicted molar refractivity (Wildman–Crippen MR) is 81.8 cm³/mol. The van der Waals surface area contributed by atoms with Crippen molar-refractivity contribution in [3.05, 3.63) is 29.3 Å². The van der Waals surface area contributed by atoms with Crippen molar-refractivity contribution in [3.63, 3.8) is 0 Å². The second kappa shape index (κ2) is 5.97. The molecule has 0 spiro atoms. The van der Waals surface area contributed by atoms with Crippen LogP contribution in [0, 0.1) is 12.8 Å². The number of aromatic nitrogens is 3. The van der Waals surface area contributed by atoms with Crippen LogP contribution >= 0.6 is 11.3 Å². The Morgan fingerprint density at radius 3 is 3.05 bits per heavy atom. The average Bonchev–Trinajstić information content (AvgIpc) is 2.85. The fourth-order valence-electron chi connectivity index (χ4n) is 2.90. The minimum absolute atomic E-state index is 0.709. The van der Waals surface area contributed by atoms with Gasteiger partial charge in [0.2, 0.25) is 0 Å². The number of thiazole rings is 1. The lowest BCUT2D eigenvalue weighted by Crippen LogP contribution is -2.33. The summed E-state index contributed by atoms with van der Waals surface area (Å²) in [6, 6.07) is 0. The van der Waals surface area contributed by atoms with Crippen molar-refractivity contribution in [3.8, 4) is 10.6 Å². The maximum Gasteiger partial charge on any atom is 0.101 e. The highest BCUT2D eigenvalue weighted by molar-refractivity contribution is 7.13. The van der Waals surface area contributed by atoms with Gasteiger partial charge in [-0.15, -0.1) is 11.3 Å². The van der Waals surface area contributed by atoms with Crippen LogP contribution < -0.4 is 0 Å². The van der Waals surface area contributed by atoms with E-state index in [9.17, 15) is 0 Å². The average molecular weight is 288 g/mol. The second-order valence-corrected chi connectivity index (χ2v) is 6.49. The van der Waals surface area contributed by atoms with Crippen LogP contribution in [0.1, 0.15) is 24.2 Å². The van der Waals surface area contributed by atoms with Crippen LogP contribution in [0.25, 0.3) is 10.6 Å². The number of piperidine rings is 1. The van der Waals surface area contributed by atoms with E-state index in [4.69, 9.17) is 4.98 Å². The van der Waals surface area contributed by atoms with E-state index in [0.717, 1.165) is 28.4 Å². The summed E-state index contributed by atoms with van der Waals surface area (Å²) in [6.07, 6.45) is 7.38. The summed E-state index contributed by atoms with van der Waals surface area (Å²) in [4.78, 5) is 17.0. The molecular formula is C15H20N4S. The smallest absolute Gasteiger partial charge is 0.101 e. The summed E-state index contributed by atoms with van der Waals surface area (Å²) in [7, 11) is 2.20. The van der Waals surface area contributed by atoms with Gasteiger partial charge in [-0.25, -0.2) is 9.97 Å². The Bertz CT molecular complexity index is 581. The van der Waals surface area contributed by atoms with Gasteiger partial charge in [-0.1, -0.05) is 0 Å². The molecule has 0 amide bonds. The lowest BCUT2D eigenvalue weighted by molar-refractivity contribution is 0.208. The Morgan fingerprint density at radius 2 is 2.30 bits per heavy atom. The van der Waals surface area contributed by atoms with Crippen LogP contribution in [-0.2, 0) is 6.42 Å². The number of nitrogens with zero attached hydrogens (tertiary/aromatic N) is 4. The molecule has 0 radical (unpaired) electrons. The number of hydrogen-bond acceptors (Lipinski definition) is 5. The number of aryl methyl sites for hydroxylation is 1. The first kappa shape index (κ1) is 13.6. The van der Waals surface area contributed by atoms with Gasteiger partial charge in [0.15, 0.2) is 0 Å². The maximum absolute atomic E-state index is 4.78. The molecular weight excluding hydrogens is 268 g/mol. The van der Waals surface area contributed by atoms with Gasteiger partial charge in [-0.3, -0.25) is 4.98 Å². The first-order valence-electron chi connectivity index (χ1n) is 7.12. The van der Waals surface area contributed by atoms with E-state index < -0.39 is 0 Å². The largest absolute Gasteiger partial charge is 0.306 e. The molecule has 1 fully saturated rings. The van der Waals surface area contributed by atoms with Gasteiger partial charge in [0.25, 0.3) is 0 Å². The van der Waals surface area contributed by atoms with Crippen LogP contribution in [0.5, 0.6) is 0 Å². The van der Waals surface area contributed by atoms with Crippen molar-refractivity contribution in [2.45, 2.75) is 26.2 Å². The van der Waals surface area contributed by atoms with E-state index in [1.54, 1.807) is 11.3 Å². The molecule has 106 valence electrons.